The fourth-order valence-electron chi connectivity index (χ4n) is 3.36. The molecule has 3 aromatic rings. The predicted octanol–water partition coefficient (Wildman–Crippen LogP) is 5.01. The summed E-state index contributed by atoms with van der Waals surface area (Å²) in [5.41, 5.74) is 2.49. The van der Waals surface area contributed by atoms with Crippen LogP contribution in [0, 0.1) is 0 Å². The molecule has 0 bridgehead atoms. The predicted molar refractivity (Wildman–Crippen MR) is 127 cm³/mol. The molecule has 2 N–H and O–H groups in total. The van der Waals surface area contributed by atoms with Crippen molar-refractivity contribution in [2.24, 2.45) is 0 Å². The largest absolute Gasteiger partial charge is 0.369 e. The summed E-state index contributed by atoms with van der Waals surface area (Å²) in [6, 6.07) is 9.38. The van der Waals surface area contributed by atoms with Crippen LogP contribution in [0.15, 0.2) is 42.0 Å². The van der Waals surface area contributed by atoms with Crippen LogP contribution in [0.25, 0.3) is 10.2 Å². The number of amides is 1. The Bertz CT molecular complexity index is 1000. The minimum Gasteiger partial charge on any atom is -0.369 e. The highest BCUT2D eigenvalue weighted by Gasteiger charge is 2.09. The van der Waals surface area contributed by atoms with Crippen LogP contribution in [0.5, 0.6) is 0 Å². The van der Waals surface area contributed by atoms with Crippen molar-refractivity contribution in [1.29, 1.82) is 0 Å². The first-order valence-electron chi connectivity index (χ1n) is 11.0. The third kappa shape index (κ3) is 7.14. The van der Waals surface area contributed by atoms with Gasteiger partial charge in [0.1, 0.15) is 17.9 Å². The molecule has 0 aliphatic heterocycles. The van der Waals surface area contributed by atoms with Crippen LogP contribution in [0.3, 0.4) is 0 Å². The highest BCUT2D eigenvalue weighted by atomic mass is 32.1. The highest BCUT2D eigenvalue weighted by Crippen LogP contribution is 2.24. The van der Waals surface area contributed by atoms with Gasteiger partial charge in [0.25, 0.3) is 5.91 Å². The van der Waals surface area contributed by atoms with E-state index < -0.39 is 0 Å². The highest BCUT2D eigenvalue weighted by molar-refractivity contribution is 7.17. The molecule has 0 spiro atoms. The Morgan fingerprint density at radius 1 is 1.03 bits per heavy atom. The monoisotopic (exact) mass is 438 g/mol. The average Bonchev–Trinajstić information content (AvgIpc) is 3.26. The summed E-state index contributed by atoms with van der Waals surface area (Å²) >= 11 is 1.64. The second-order valence-electron chi connectivity index (χ2n) is 7.62. The Morgan fingerprint density at radius 3 is 2.81 bits per heavy atom. The summed E-state index contributed by atoms with van der Waals surface area (Å²) in [4.78, 5) is 33.1. The number of ketones is 1. The Morgan fingerprint density at radius 2 is 1.94 bits per heavy atom. The van der Waals surface area contributed by atoms with E-state index >= 15 is 0 Å². The van der Waals surface area contributed by atoms with Gasteiger partial charge in [0.15, 0.2) is 0 Å². The molecule has 0 unspecified atom stereocenters. The molecule has 0 fully saturated rings. The van der Waals surface area contributed by atoms with E-state index in [1.165, 1.54) is 0 Å². The van der Waals surface area contributed by atoms with Crippen molar-refractivity contribution in [1.82, 2.24) is 15.3 Å². The van der Waals surface area contributed by atoms with Gasteiger partial charge in [-0.05, 0) is 48.4 Å². The molecular formula is C24H30N4O2S. The molecule has 0 aliphatic rings. The minimum absolute atomic E-state index is 0.0706. The molecule has 3 rings (SSSR count). The third-order valence-corrected chi connectivity index (χ3v) is 5.98. The number of rotatable bonds is 13. The number of thiophene rings is 1. The van der Waals surface area contributed by atoms with E-state index in [4.69, 9.17) is 0 Å². The van der Waals surface area contributed by atoms with Gasteiger partial charge in [-0.2, -0.15) is 0 Å². The van der Waals surface area contributed by atoms with Crippen LogP contribution < -0.4 is 10.6 Å². The molecule has 0 saturated heterocycles. The topological polar surface area (TPSA) is 84.0 Å². The smallest absolute Gasteiger partial charge is 0.251 e. The zero-order chi connectivity index (χ0) is 21.9. The third-order valence-electron chi connectivity index (χ3n) is 5.07. The molecule has 0 atom stereocenters. The van der Waals surface area contributed by atoms with E-state index in [0.29, 0.717) is 24.9 Å². The van der Waals surface area contributed by atoms with E-state index in [-0.39, 0.29) is 11.7 Å². The van der Waals surface area contributed by atoms with E-state index in [9.17, 15) is 9.59 Å². The Kier molecular flexibility index (Phi) is 8.97. The van der Waals surface area contributed by atoms with Crippen molar-refractivity contribution in [2.75, 3.05) is 18.4 Å². The molecular weight excluding hydrogens is 408 g/mol. The van der Waals surface area contributed by atoms with Crippen molar-refractivity contribution in [3.05, 3.63) is 53.2 Å². The lowest BCUT2D eigenvalue weighted by molar-refractivity contribution is -0.118. The number of anilines is 1. The Balaban J connectivity index is 1.34. The maximum atomic E-state index is 12.3. The fraction of sp³-hybridized carbons (Fsp3) is 0.417. The van der Waals surface area contributed by atoms with Crippen LogP contribution in [-0.4, -0.2) is 34.7 Å². The number of Topliss-reactive ketones (excluding diaryl/α,β-unsaturated/α-hetero) is 1. The molecule has 7 heteroatoms. The van der Waals surface area contributed by atoms with Crippen molar-refractivity contribution in [2.45, 2.75) is 51.9 Å². The summed E-state index contributed by atoms with van der Waals surface area (Å²) in [5, 5.41) is 8.31. The second-order valence-corrected chi connectivity index (χ2v) is 8.54. The number of aromatic nitrogens is 2. The van der Waals surface area contributed by atoms with Crippen LogP contribution in [0.4, 0.5) is 5.82 Å². The Labute approximate surface area is 187 Å². The molecule has 0 radical (unpaired) electrons. The van der Waals surface area contributed by atoms with Crippen molar-refractivity contribution in [3.8, 4) is 0 Å². The second kappa shape index (κ2) is 12.2. The first-order chi connectivity index (χ1) is 15.2. The van der Waals surface area contributed by atoms with E-state index in [2.05, 4.69) is 27.5 Å². The van der Waals surface area contributed by atoms with Gasteiger partial charge in [-0.15, -0.1) is 11.3 Å². The summed E-state index contributed by atoms with van der Waals surface area (Å²) in [6.45, 7) is 3.60. The number of nitrogens with zero attached hydrogens (tertiary/aromatic N) is 2. The van der Waals surface area contributed by atoms with E-state index in [1.807, 2.05) is 29.6 Å². The summed E-state index contributed by atoms with van der Waals surface area (Å²) in [7, 11) is 0. The molecule has 6 nitrogen and oxygen atoms in total. The summed E-state index contributed by atoms with van der Waals surface area (Å²) in [6.07, 6.45) is 7.38. The van der Waals surface area contributed by atoms with Crippen LogP contribution >= 0.6 is 11.3 Å². The maximum Gasteiger partial charge on any atom is 0.251 e. The van der Waals surface area contributed by atoms with Crippen LogP contribution in [-0.2, 0) is 11.2 Å². The zero-order valence-electron chi connectivity index (χ0n) is 18.0. The molecule has 1 amide bonds. The van der Waals surface area contributed by atoms with Crippen LogP contribution in [0.2, 0.25) is 0 Å². The van der Waals surface area contributed by atoms with E-state index in [0.717, 1.165) is 60.2 Å². The molecule has 0 saturated carbocycles. The summed E-state index contributed by atoms with van der Waals surface area (Å²) < 4.78 is 1.08. The van der Waals surface area contributed by atoms with Gasteiger partial charge in [-0.3, -0.25) is 9.59 Å². The summed E-state index contributed by atoms with van der Waals surface area (Å²) in [5.74, 6) is 1.03. The lowest BCUT2D eigenvalue weighted by Crippen LogP contribution is -2.24. The van der Waals surface area contributed by atoms with Crippen molar-refractivity contribution in [3.63, 3.8) is 0 Å². The Hall–Kier alpha value is -2.80. The first-order valence-corrected chi connectivity index (χ1v) is 11.9. The van der Waals surface area contributed by atoms with Gasteiger partial charge in [-0.25, -0.2) is 9.97 Å². The molecule has 1 aromatic carbocycles. The normalized spacial score (nSPS) is 10.9. The number of unbranched alkanes of at least 4 members (excludes halogenated alkanes) is 3. The lowest BCUT2D eigenvalue weighted by atomic mass is 10.0. The number of carbonyl (C=O) groups excluding carboxylic acids is 2. The number of carbonyl (C=O) groups is 2. The quantitative estimate of drug-likeness (QED) is 0.367. The molecule has 164 valence electrons. The molecule has 0 aliphatic carbocycles. The molecule has 31 heavy (non-hydrogen) atoms. The van der Waals surface area contributed by atoms with Crippen molar-refractivity contribution < 1.29 is 9.59 Å². The lowest BCUT2D eigenvalue weighted by Gasteiger charge is -2.07. The van der Waals surface area contributed by atoms with Gasteiger partial charge >= 0.3 is 0 Å². The SMILES string of the molecule is CCCCNC(=O)c1cccc(CC(=O)CCCCCNc2ncnc3ccsc23)c1. The van der Waals surface area contributed by atoms with Crippen molar-refractivity contribution >= 4 is 39.1 Å². The standard InChI is InChI=1S/C24H30N4O2S/c1-2-3-12-26-24(30)19-9-7-8-18(15-19)16-20(29)10-5-4-6-13-25-23-22-21(11-14-31-22)27-17-28-23/h7-9,11,14-15,17H,2-6,10,12-13,16H2,1H3,(H,26,30)(H,25,27,28). The number of hydrogen-bond donors (Lipinski definition) is 2. The number of nitrogens with one attached hydrogen (secondary N) is 2. The first kappa shape index (κ1) is 22.9. The van der Waals surface area contributed by atoms with Gasteiger partial charge < -0.3 is 10.6 Å². The average molecular weight is 439 g/mol. The maximum absolute atomic E-state index is 12.3. The van der Waals surface area contributed by atoms with E-state index in [1.54, 1.807) is 23.7 Å². The van der Waals surface area contributed by atoms with Crippen LogP contribution in [0.1, 0.15) is 61.4 Å². The molecule has 2 aromatic heterocycles. The number of benzene rings is 1. The van der Waals surface area contributed by atoms with Gasteiger partial charge in [0, 0.05) is 31.5 Å². The van der Waals surface area contributed by atoms with Gasteiger partial charge in [-0.1, -0.05) is 31.9 Å². The minimum atomic E-state index is -0.0706. The molecule has 2 heterocycles. The van der Waals surface area contributed by atoms with Gasteiger partial charge in [0.05, 0.1) is 10.2 Å². The van der Waals surface area contributed by atoms with Gasteiger partial charge in [0.2, 0.25) is 0 Å². The number of hydrogen-bond acceptors (Lipinski definition) is 6. The number of fused-ring (bicyclic) bond motifs is 1. The zero-order valence-corrected chi connectivity index (χ0v) is 18.8. The fourth-order valence-corrected chi connectivity index (χ4v) is 4.18.